The van der Waals surface area contributed by atoms with Crippen molar-refractivity contribution in [3.63, 3.8) is 0 Å². The van der Waals surface area contributed by atoms with E-state index in [0.717, 1.165) is 68.9 Å². The van der Waals surface area contributed by atoms with Crippen LogP contribution in [0.25, 0.3) is 0 Å². The number of nitrogens with one attached hydrogen (secondary N) is 2. The van der Waals surface area contributed by atoms with E-state index in [9.17, 15) is 9.59 Å². The number of carbonyl (C=O) groups excluding carboxylic acids is 2. The molecule has 2 aromatic carbocycles. The van der Waals surface area contributed by atoms with E-state index in [4.69, 9.17) is 4.74 Å². The largest absolute Gasteiger partial charge is 0.378 e. The molecule has 1 saturated heterocycles. The zero-order valence-corrected chi connectivity index (χ0v) is 19.2. The van der Waals surface area contributed by atoms with Gasteiger partial charge in [-0.3, -0.25) is 9.59 Å². The van der Waals surface area contributed by atoms with Crippen LogP contribution in [-0.4, -0.2) is 38.1 Å². The lowest BCUT2D eigenvalue weighted by atomic mass is 9.95. The average Bonchev–Trinajstić information content (AvgIpc) is 3.23. The number of fused-ring (bicyclic) bond motifs is 1. The molecule has 7 heteroatoms. The Morgan fingerprint density at radius 3 is 2.33 bits per heavy atom. The molecule has 0 atom stereocenters. The van der Waals surface area contributed by atoms with E-state index in [1.807, 2.05) is 42.5 Å². The number of morpholine rings is 1. The van der Waals surface area contributed by atoms with Gasteiger partial charge in [-0.1, -0.05) is 18.2 Å². The van der Waals surface area contributed by atoms with E-state index in [1.165, 1.54) is 16.2 Å². The van der Waals surface area contributed by atoms with Crippen molar-refractivity contribution in [3.8, 4) is 0 Å². The van der Waals surface area contributed by atoms with Crippen molar-refractivity contribution in [2.45, 2.75) is 25.7 Å². The van der Waals surface area contributed by atoms with E-state index in [2.05, 4.69) is 15.5 Å². The highest BCUT2D eigenvalue weighted by Crippen LogP contribution is 2.39. The third kappa shape index (κ3) is 4.79. The van der Waals surface area contributed by atoms with E-state index >= 15 is 0 Å². The summed E-state index contributed by atoms with van der Waals surface area (Å²) in [7, 11) is 0. The number of carbonyl (C=O) groups is 2. The van der Waals surface area contributed by atoms with Gasteiger partial charge in [0.1, 0.15) is 5.00 Å². The lowest BCUT2D eigenvalue weighted by Crippen LogP contribution is -2.36. The molecule has 0 unspecified atom stereocenters. The summed E-state index contributed by atoms with van der Waals surface area (Å²) in [4.78, 5) is 29.7. The molecule has 5 rings (SSSR count). The van der Waals surface area contributed by atoms with Crippen LogP contribution in [0.5, 0.6) is 0 Å². The summed E-state index contributed by atoms with van der Waals surface area (Å²) in [5.41, 5.74) is 4.13. The SMILES string of the molecule is O=C(Nc1sc2c(c1C(=O)Nc1ccc(N3CCOCC3)cc1)CCCC2)c1ccccc1. The lowest BCUT2D eigenvalue weighted by Gasteiger charge is -2.28. The van der Waals surface area contributed by atoms with Crippen molar-refractivity contribution in [1.29, 1.82) is 0 Å². The summed E-state index contributed by atoms with van der Waals surface area (Å²) in [6.07, 6.45) is 4.00. The smallest absolute Gasteiger partial charge is 0.258 e. The number of benzene rings is 2. The molecule has 2 heterocycles. The van der Waals surface area contributed by atoms with Gasteiger partial charge >= 0.3 is 0 Å². The Labute approximate surface area is 197 Å². The van der Waals surface area contributed by atoms with E-state index in [0.29, 0.717) is 16.1 Å². The molecule has 0 bridgehead atoms. The minimum atomic E-state index is -0.196. The Morgan fingerprint density at radius 1 is 0.848 bits per heavy atom. The zero-order valence-electron chi connectivity index (χ0n) is 18.4. The molecule has 2 N–H and O–H groups in total. The Kier molecular flexibility index (Phi) is 6.41. The second kappa shape index (κ2) is 9.77. The molecule has 33 heavy (non-hydrogen) atoms. The van der Waals surface area contributed by atoms with Crippen molar-refractivity contribution >= 4 is 39.5 Å². The van der Waals surface area contributed by atoms with Gasteiger partial charge in [0.15, 0.2) is 0 Å². The van der Waals surface area contributed by atoms with Crippen LogP contribution in [0.4, 0.5) is 16.4 Å². The summed E-state index contributed by atoms with van der Waals surface area (Å²) in [5.74, 6) is -0.366. The van der Waals surface area contributed by atoms with Crippen LogP contribution in [0, 0.1) is 0 Å². The Balaban J connectivity index is 1.36. The van der Waals surface area contributed by atoms with Gasteiger partial charge < -0.3 is 20.3 Å². The first kappa shape index (κ1) is 21.7. The molecule has 1 fully saturated rings. The fraction of sp³-hybridized carbons (Fsp3) is 0.308. The molecular weight excluding hydrogens is 434 g/mol. The quantitative estimate of drug-likeness (QED) is 0.563. The second-order valence-corrected chi connectivity index (χ2v) is 9.44. The van der Waals surface area contributed by atoms with Crippen molar-refractivity contribution in [1.82, 2.24) is 0 Å². The Morgan fingerprint density at radius 2 is 1.58 bits per heavy atom. The van der Waals surface area contributed by atoms with Crippen LogP contribution in [0.15, 0.2) is 54.6 Å². The molecule has 2 aliphatic rings. The van der Waals surface area contributed by atoms with Crippen molar-refractivity contribution < 1.29 is 14.3 Å². The monoisotopic (exact) mass is 461 g/mol. The minimum Gasteiger partial charge on any atom is -0.378 e. The Hall–Kier alpha value is -3.16. The molecule has 3 aromatic rings. The van der Waals surface area contributed by atoms with Crippen LogP contribution in [0.2, 0.25) is 0 Å². The topological polar surface area (TPSA) is 70.7 Å². The van der Waals surface area contributed by atoms with Gasteiger partial charge in [0.05, 0.1) is 18.8 Å². The summed E-state index contributed by atoms with van der Waals surface area (Å²) >= 11 is 1.53. The molecule has 1 aliphatic carbocycles. The van der Waals surface area contributed by atoms with Crippen molar-refractivity contribution in [3.05, 3.63) is 76.2 Å². The molecule has 0 radical (unpaired) electrons. The molecule has 1 aromatic heterocycles. The molecule has 1 aliphatic heterocycles. The van der Waals surface area contributed by atoms with E-state index < -0.39 is 0 Å². The maximum absolute atomic E-state index is 13.4. The fourth-order valence-corrected chi connectivity index (χ4v) is 5.71. The summed E-state index contributed by atoms with van der Waals surface area (Å²) in [6, 6.07) is 17.0. The van der Waals surface area contributed by atoms with Gasteiger partial charge in [0.25, 0.3) is 11.8 Å². The predicted octanol–water partition coefficient (Wildman–Crippen LogP) is 4.97. The van der Waals surface area contributed by atoms with Gasteiger partial charge in [-0.05, 0) is 67.6 Å². The third-order valence-electron chi connectivity index (χ3n) is 6.16. The van der Waals surface area contributed by atoms with Gasteiger partial charge in [-0.2, -0.15) is 0 Å². The molecular formula is C26H27N3O3S. The molecule has 0 spiro atoms. The van der Waals surface area contributed by atoms with Crippen LogP contribution >= 0.6 is 11.3 Å². The molecule has 170 valence electrons. The number of aryl methyl sites for hydroxylation is 1. The highest BCUT2D eigenvalue weighted by molar-refractivity contribution is 7.17. The third-order valence-corrected chi connectivity index (χ3v) is 7.37. The first-order valence-corrected chi connectivity index (χ1v) is 12.3. The van der Waals surface area contributed by atoms with Gasteiger partial charge in [0, 0.05) is 34.9 Å². The van der Waals surface area contributed by atoms with Gasteiger partial charge in [-0.15, -0.1) is 11.3 Å². The van der Waals surface area contributed by atoms with Crippen molar-refractivity contribution in [2.24, 2.45) is 0 Å². The molecule has 0 saturated carbocycles. The van der Waals surface area contributed by atoms with Crippen LogP contribution in [0.3, 0.4) is 0 Å². The van der Waals surface area contributed by atoms with Crippen LogP contribution in [0.1, 0.15) is 44.0 Å². The highest BCUT2D eigenvalue weighted by atomic mass is 32.1. The number of nitrogens with zero attached hydrogens (tertiary/aromatic N) is 1. The Bertz CT molecular complexity index is 1140. The standard InChI is InChI=1S/C26H27N3O3S/c30-24(18-6-2-1-3-7-18)28-26-23(21-8-4-5-9-22(21)33-26)25(31)27-19-10-12-20(13-11-19)29-14-16-32-17-15-29/h1-3,6-7,10-13H,4-5,8-9,14-17H2,(H,27,31)(H,28,30). The summed E-state index contributed by atoms with van der Waals surface area (Å²) in [5, 5.41) is 6.69. The molecule has 2 amide bonds. The number of rotatable bonds is 5. The minimum absolute atomic E-state index is 0.170. The lowest BCUT2D eigenvalue weighted by molar-refractivity contribution is 0.102. The number of amides is 2. The zero-order chi connectivity index (χ0) is 22.6. The normalized spacial score (nSPS) is 15.6. The van der Waals surface area contributed by atoms with E-state index in [1.54, 1.807) is 12.1 Å². The van der Waals surface area contributed by atoms with Gasteiger partial charge in [0.2, 0.25) is 0 Å². The first-order valence-electron chi connectivity index (χ1n) is 11.4. The second-order valence-electron chi connectivity index (χ2n) is 8.34. The summed E-state index contributed by atoms with van der Waals surface area (Å²) < 4.78 is 5.42. The fourth-order valence-electron chi connectivity index (χ4n) is 4.43. The number of thiophene rings is 1. The van der Waals surface area contributed by atoms with Crippen molar-refractivity contribution in [2.75, 3.05) is 41.8 Å². The van der Waals surface area contributed by atoms with Crippen LogP contribution in [-0.2, 0) is 17.6 Å². The number of hydrogen-bond acceptors (Lipinski definition) is 5. The number of anilines is 3. The molecule has 6 nitrogen and oxygen atoms in total. The highest BCUT2D eigenvalue weighted by Gasteiger charge is 2.26. The summed E-state index contributed by atoms with van der Waals surface area (Å²) in [6.45, 7) is 3.22. The maximum atomic E-state index is 13.4. The predicted molar refractivity (Wildman–Crippen MR) is 133 cm³/mol. The average molecular weight is 462 g/mol. The van der Waals surface area contributed by atoms with Crippen LogP contribution < -0.4 is 15.5 Å². The van der Waals surface area contributed by atoms with Gasteiger partial charge in [-0.25, -0.2) is 0 Å². The van der Waals surface area contributed by atoms with E-state index in [-0.39, 0.29) is 11.8 Å². The number of hydrogen-bond donors (Lipinski definition) is 2. The number of ether oxygens (including phenoxy) is 1. The first-order chi connectivity index (χ1) is 16.2. The maximum Gasteiger partial charge on any atom is 0.258 e.